The lowest BCUT2D eigenvalue weighted by Crippen LogP contribution is -2.27. The number of carbonyl (C=O) groups is 1. The Balaban J connectivity index is 1.54. The Morgan fingerprint density at radius 3 is 2.62 bits per heavy atom. The molecule has 0 aliphatic carbocycles. The van der Waals surface area contributed by atoms with Crippen LogP contribution in [0.4, 0.5) is 0 Å². The van der Waals surface area contributed by atoms with Crippen molar-refractivity contribution < 1.29 is 4.79 Å². The fourth-order valence-corrected chi connectivity index (χ4v) is 4.16. The first-order chi connectivity index (χ1) is 11.6. The van der Waals surface area contributed by atoms with Crippen molar-refractivity contribution in [3.8, 4) is 0 Å². The Labute approximate surface area is 161 Å². The molecule has 0 spiro atoms. The van der Waals surface area contributed by atoms with Crippen molar-refractivity contribution in [3.05, 3.63) is 69.7 Å². The summed E-state index contributed by atoms with van der Waals surface area (Å²) >= 11 is 15.4. The molecule has 0 radical (unpaired) electrons. The molecule has 2 nitrogen and oxygen atoms in total. The predicted octanol–water partition coefficient (Wildman–Crippen LogP) is 5.28. The Hall–Kier alpha value is -0.810. The largest absolute Gasteiger partial charge is 0.355 e. The maximum atomic E-state index is 11.8. The second-order valence-electron chi connectivity index (χ2n) is 5.12. The van der Waals surface area contributed by atoms with Gasteiger partial charge in [-0.25, -0.2) is 0 Å². The zero-order valence-corrected chi connectivity index (χ0v) is 16.3. The number of amides is 1. The number of benzene rings is 2. The quantitative estimate of drug-likeness (QED) is 0.581. The van der Waals surface area contributed by atoms with Crippen molar-refractivity contribution in [1.82, 2.24) is 5.32 Å². The summed E-state index contributed by atoms with van der Waals surface area (Å²) in [6.07, 6.45) is 0. The highest BCUT2D eigenvalue weighted by atomic mass is 35.5. The SMILES string of the molecule is O=C(CSCc1ccccc1Cl)NCCSCc1cccc(Cl)c1. The number of nitrogens with one attached hydrogen (secondary N) is 1. The molecule has 1 N–H and O–H groups in total. The molecule has 0 saturated carbocycles. The molecule has 0 aliphatic rings. The summed E-state index contributed by atoms with van der Waals surface area (Å²) in [5.41, 5.74) is 2.27. The summed E-state index contributed by atoms with van der Waals surface area (Å²) in [4.78, 5) is 11.8. The number of carbonyl (C=O) groups excluding carboxylic acids is 1. The maximum absolute atomic E-state index is 11.8. The smallest absolute Gasteiger partial charge is 0.230 e. The van der Waals surface area contributed by atoms with Gasteiger partial charge in [-0.1, -0.05) is 53.5 Å². The molecular formula is C18H19Cl2NOS2. The molecule has 0 aliphatic heterocycles. The third kappa shape index (κ3) is 7.39. The zero-order valence-electron chi connectivity index (χ0n) is 13.1. The molecule has 2 aromatic carbocycles. The number of halogens is 2. The van der Waals surface area contributed by atoms with E-state index in [9.17, 15) is 4.79 Å². The topological polar surface area (TPSA) is 29.1 Å². The normalized spacial score (nSPS) is 10.6. The van der Waals surface area contributed by atoms with Crippen LogP contribution < -0.4 is 5.32 Å². The van der Waals surface area contributed by atoms with Gasteiger partial charge >= 0.3 is 0 Å². The fourth-order valence-electron chi connectivity index (χ4n) is 2.00. The van der Waals surface area contributed by atoms with Crippen molar-refractivity contribution in [2.75, 3.05) is 18.1 Å². The van der Waals surface area contributed by atoms with Crippen LogP contribution in [0.3, 0.4) is 0 Å². The lowest BCUT2D eigenvalue weighted by atomic mass is 10.2. The summed E-state index contributed by atoms with van der Waals surface area (Å²) in [6.45, 7) is 0.677. The van der Waals surface area contributed by atoms with Gasteiger partial charge < -0.3 is 5.32 Å². The minimum absolute atomic E-state index is 0.0652. The van der Waals surface area contributed by atoms with Gasteiger partial charge in [-0.2, -0.15) is 11.8 Å². The third-order valence-corrected chi connectivity index (χ3v) is 5.79. The Bertz CT molecular complexity index is 667. The van der Waals surface area contributed by atoms with Gasteiger partial charge in [-0.3, -0.25) is 4.79 Å². The average Bonchev–Trinajstić information content (AvgIpc) is 2.56. The van der Waals surface area contributed by atoms with Crippen molar-refractivity contribution >= 4 is 52.6 Å². The minimum Gasteiger partial charge on any atom is -0.355 e. The van der Waals surface area contributed by atoms with Crippen LogP contribution in [-0.2, 0) is 16.3 Å². The number of thioether (sulfide) groups is 2. The van der Waals surface area contributed by atoms with Crippen LogP contribution in [-0.4, -0.2) is 24.0 Å². The lowest BCUT2D eigenvalue weighted by molar-refractivity contribution is -0.118. The number of hydrogen-bond donors (Lipinski definition) is 1. The fraction of sp³-hybridized carbons (Fsp3) is 0.278. The average molecular weight is 400 g/mol. The predicted molar refractivity (Wildman–Crippen MR) is 108 cm³/mol. The molecule has 0 heterocycles. The van der Waals surface area contributed by atoms with Crippen LogP contribution in [0, 0.1) is 0 Å². The molecule has 0 saturated heterocycles. The van der Waals surface area contributed by atoms with Gasteiger partial charge in [0.1, 0.15) is 0 Å². The van der Waals surface area contributed by atoms with Gasteiger partial charge in [-0.05, 0) is 29.3 Å². The van der Waals surface area contributed by atoms with E-state index in [2.05, 4.69) is 11.4 Å². The Morgan fingerprint density at radius 2 is 1.83 bits per heavy atom. The standard InChI is InChI=1S/C18H19Cl2NOS2/c19-16-6-3-4-14(10-16)11-23-9-8-21-18(22)13-24-12-15-5-1-2-7-17(15)20/h1-7,10H,8-9,11-13H2,(H,21,22). The van der Waals surface area contributed by atoms with Gasteiger partial charge in [0, 0.05) is 33.8 Å². The maximum Gasteiger partial charge on any atom is 0.230 e. The molecule has 2 aromatic rings. The highest BCUT2D eigenvalue weighted by Gasteiger charge is 2.04. The van der Waals surface area contributed by atoms with E-state index < -0.39 is 0 Å². The highest BCUT2D eigenvalue weighted by Crippen LogP contribution is 2.20. The summed E-state index contributed by atoms with van der Waals surface area (Å²) in [5, 5.41) is 4.46. The first-order valence-electron chi connectivity index (χ1n) is 7.55. The van der Waals surface area contributed by atoms with Gasteiger partial charge in [0.15, 0.2) is 0 Å². The molecule has 6 heteroatoms. The van der Waals surface area contributed by atoms with Gasteiger partial charge in [-0.15, -0.1) is 11.8 Å². The summed E-state index contributed by atoms with van der Waals surface area (Å²) in [7, 11) is 0. The van der Waals surface area contributed by atoms with Crippen LogP contribution in [0.5, 0.6) is 0 Å². The van der Waals surface area contributed by atoms with Crippen LogP contribution in [0.25, 0.3) is 0 Å². The third-order valence-electron chi connectivity index (χ3n) is 3.17. The second kappa shape index (κ2) is 10.9. The first kappa shape index (κ1) is 19.5. The summed E-state index contributed by atoms with van der Waals surface area (Å²) in [5.74, 6) is 3.04. The van der Waals surface area contributed by atoms with E-state index in [0.29, 0.717) is 12.3 Å². The van der Waals surface area contributed by atoms with E-state index in [-0.39, 0.29) is 5.91 Å². The molecule has 0 aromatic heterocycles. The van der Waals surface area contributed by atoms with Gasteiger partial charge in [0.2, 0.25) is 5.91 Å². The minimum atomic E-state index is 0.0652. The molecule has 0 bridgehead atoms. The highest BCUT2D eigenvalue weighted by molar-refractivity contribution is 7.99. The monoisotopic (exact) mass is 399 g/mol. The number of rotatable bonds is 9. The van der Waals surface area contributed by atoms with E-state index in [0.717, 1.165) is 32.9 Å². The van der Waals surface area contributed by atoms with Crippen molar-refractivity contribution in [2.24, 2.45) is 0 Å². The van der Waals surface area contributed by atoms with E-state index in [4.69, 9.17) is 23.2 Å². The van der Waals surface area contributed by atoms with Crippen molar-refractivity contribution in [3.63, 3.8) is 0 Å². The number of hydrogen-bond acceptors (Lipinski definition) is 3. The zero-order chi connectivity index (χ0) is 17.2. The van der Waals surface area contributed by atoms with Crippen LogP contribution >= 0.6 is 46.7 Å². The molecule has 128 valence electrons. The van der Waals surface area contributed by atoms with Crippen molar-refractivity contribution in [2.45, 2.75) is 11.5 Å². The molecule has 0 fully saturated rings. The second-order valence-corrected chi connectivity index (χ2v) is 8.05. The molecule has 1 amide bonds. The van der Waals surface area contributed by atoms with Crippen LogP contribution in [0.1, 0.15) is 11.1 Å². The van der Waals surface area contributed by atoms with E-state index >= 15 is 0 Å². The van der Waals surface area contributed by atoms with Crippen LogP contribution in [0.2, 0.25) is 10.0 Å². The van der Waals surface area contributed by atoms with Crippen LogP contribution in [0.15, 0.2) is 48.5 Å². The van der Waals surface area contributed by atoms with Gasteiger partial charge in [0.25, 0.3) is 0 Å². The van der Waals surface area contributed by atoms with Gasteiger partial charge in [0.05, 0.1) is 5.75 Å². The summed E-state index contributed by atoms with van der Waals surface area (Å²) in [6, 6.07) is 15.6. The molecule has 0 unspecified atom stereocenters. The van der Waals surface area contributed by atoms with E-state index in [1.807, 2.05) is 42.5 Å². The molecule has 2 rings (SSSR count). The lowest BCUT2D eigenvalue weighted by Gasteiger charge is -2.06. The molecule has 0 atom stereocenters. The first-order valence-corrected chi connectivity index (χ1v) is 10.6. The van der Waals surface area contributed by atoms with Crippen molar-refractivity contribution in [1.29, 1.82) is 0 Å². The molecular weight excluding hydrogens is 381 g/mol. The summed E-state index contributed by atoms with van der Waals surface area (Å²) < 4.78 is 0. The molecule has 24 heavy (non-hydrogen) atoms. The van der Waals surface area contributed by atoms with E-state index in [1.54, 1.807) is 23.5 Å². The Morgan fingerprint density at radius 1 is 1.00 bits per heavy atom. The van der Waals surface area contributed by atoms with E-state index in [1.165, 1.54) is 5.56 Å². The Kier molecular flexibility index (Phi) is 8.89.